The maximum Gasteiger partial charge on any atom is 0.200 e. The number of hydrogen-bond acceptors (Lipinski definition) is 2. The summed E-state index contributed by atoms with van der Waals surface area (Å²) in [5.41, 5.74) is 5.40. The highest BCUT2D eigenvalue weighted by Gasteiger charge is 2.17. The normalized spacial score (nSPS) is 12.2. The van der Waals surface area contributed by atoms with Gasteiger partial charge in [-0.05, 0) is 18.6 Å². The fourth-order valence-electron chi connectivity index (χ4n) is 1.11. The van der Waals surface area contributed by atoms with E-state index in [9.17, 15) is 8.78 Å². The molecule has 0 amide bonds. The number of hydrogen-bond donors (Lipinski definition) is 1. The van der Waals surface area contributed by atoms with Gasteiger partial charge in [-0.25, -0.2) is 4.39 Å². The molecule has 1 unspecified atom stereocenters. The number of halogens is 3. The van der Waals surface area contributed by atoms with Crippen molar-refractivity contribution in [2.75, 3.05) is 0 Å². The Balaban J connectivity index is 3.00. The second-order valence-corrected chi connectivity index (χ2v) is 4.50. The molecule has 0 aromatic heterocycles. The van der Waals surface area contributed by atoms with Crippen molar-refractivity contribution in [3.63, 3.8) is 0 Å². The Bertz CT molecular complexity index is 414. The molecule has 2 nitrogen and oxygen atoms in total. The van der Waals surface area contributed by atoms with E-state index in [-0.39, 0.29) is 10.7 Å². The molecule has 0 aliphatic carbocycles. The Morgan fingerprint density at radius 2 is 2.19 bits per heavy atom. The number of thiocarbonyl (C=S) groups is 1. The molecule has 1 rings (SSSR count). The highest BCUT2D eigenvalue weighted by molar-refractivity contribution is 9.10. The molecule has 1 aromatic rings. The van der Waals surface area contributed by atoms with Crippen molar-refractivity contribution in [2.24, 2.45) is 5.73 Å². The summed E-state index contributed by atoms with van der Waals surface area (Å²) >= 11 is 7.79. The minimum absolute atomic E-state index is 0.113. The zero-order valence-corrected chi connectivity index (χ0v) is 10.9. The van der Waals surface area contributed by atoms with Gasteiger partial charge in [0.1, 0.15) is 11.1 Å². The first kappa shape index (κ1) is 13.3. The van der Waals surface area contributed by atoms with Gasteiger partial charge in [0.25, 0.3) is 0 Å². The number of nitrogens with two attached hydrogens (primary N) is 1. The van der Waals surface area contributed by atoms with E-state index in [2.05, 4.69) is 15.9 Å². The van der Waals surface area contributed by atoms with Gasteiger partial charge in [0, 0.05) is 4.47 Å². The second kappa shape index (κ2) is 5.54. The first-order chi connectivity index (χ1) is 7.45. The van der Waals surface area contributed by atoms with Crippen molar-refractivity contribution in [1.29, 1.82) is 0 Å². The standard InChI is InChI=1S/C10H10BrF2NOS/c1-2-7(10(14)16)15-8-4-5(11)3-6(12)9(8)13/h3-4,7H,2H2,1H3,(H2,14,16). The van der Waals surface area contributed by atoms with Crippen LogP contribution in [0.3, 0.4) is 0 Å². The van der Waals surface area contributed by atoms with Gasteiger partial charge in [0.2, 0.25) is 5.82 Å². The topological polar surface area (TPSA) is 35.2 Å². The minimum atomic E-state index is -1.04. The van der Waals surface area contributed by atoms with Gasteiger partial charge in [0.15, 0.2) is 11.6 Å². The van der Waals surface area contributed by atoms with Crippen LogP contribution in [0, 0.1) is 11.6 Å². The van der Waals surface area contributed by atoms with Crippen LogP contribution >= 0.6 is 28.1 Å². The molecule has 88 valence electrons. The number of benzene rings is 1. The molecule has 1 atom stereocenters. The van der Waals surface area contributed by atoms with Crippen molar-refractivity contribution in [3.8, 4) is 5.75 Å². The number of ether oxygens (including phenoxy) is 1. The Morgan fingerprint density at radius 1 is 1.56 bits per heavy atom. The van der Waals surface area contributed by atoms with E-state index in [0.29, 0.717) is 10.9 Å². The highest BCUT2D eigenvalue weighted by atomic mass is 79.9. The largest absolute Gasteiger partial charge is 0.480 e. The zero-order chi connectivity index (χ0) is 12.3. The Morgan fingerprint density at radius 3 is 2.69 bits per heavy atom. The third-order valence-corrected chi connectivity index (χ3v) is 2.64. The van der Waals surface area contributed by atoms with E-state index in [1.54, 1.807) is 6.92 Å². The van der Waals surface area contributed by atoms with Gasteiger partial charge in [-0.1, -0.05) is 35.1 Å². The van der Waals surface area contributed by atoms with E-state index in [0.717, 1.165) is 6.07 Å². The Hall–Kier alpha value is -0.750. The lowest BCUT2D eigenvalue weighted by Crippen LogP contribution is -2.31. The summed E-state index contributed by atoms with van der Waals surface area (Å²) in [5.74, 6) is -2.23. The van der Waals surface area contributed by atoms with Crippen molar-refractivity contribution < 1.29 is 13.5 Å². The zero-order valence-electron chi connectivity index (χ0n) is 8.47. The predicted octanol–water partition coefficient (Wildman–Crippen LogP) is 3.17. The molecule has 0 bridgehead atoms. The summed E-state index contributed by atoms with van der Waals surface area (Å²) in [5, 5.41) is 0. The molecule has 2 N–H and O–H groups in total. The summed E-state index contributed by atoms with van der Waals surface area (Å²) in [6.07, 6.45) is -0.110. The van der Waals surface area contributed by atoms with Crippen LogP contribution in [-0.4, -0.2) is 11.1 Å². The average molecular weight is 310 g/mol. The van der Waals surface area contributed by atoms with Crippen molar-refractivity contribution in [1.82, 2.24) is 0 Å². The molecule has 0 aliphatic heterocycles. The van der Waals surface area contributed by atoms with Crippen LogP contribution in [0.2, 0.25) is 0 Å². The lowest BCUT2D eigenvalue weighted by molar-refractivity contribution is 0.247. The third-order valence-electron chi connectivity index (χ3n) is 1.92. The molecule has 0 aliphatic rings. The van der Waals surface area contributed by atoms with Crippen molar-refractivity contribution >= 4 is 33.1 Å². The molecule has 1 aromatic carbocycles. The Labute approximate surface area is 106 Å². The van der Waals surface area contributed by atoms with Crippen LogP contribution in [0.5, 0.6) is 5.75 Å². The fourth-order valence-corrected chi connectivity index (χ4v) is 1.74. The second-order valence-electron chi connectivity index (χ2n) is 3.12. The summed E-state index contributed by atoms with van der Waals surface area (Å²) < 4.78 is 32.0. The van der Waals surface area contributed by atoms with Crippen LogP contribution in [-0.2, 0) is 0 Å². The highest BCUT2D eigenvalue weighted by Crippen LogP contribution is 2.26. The van der Waals surface area contributed by atoms with Crippen LogP contribution in [0.4, 0.5) is 8.78 Å². The third kappa shape index (κ3) is 3.12. The van der Waals surface area contributed by atoms with Gasteiger partial charge in [-0.2, -0.15) is 4.39 Å². The van der Waals surface area contributed by atoms with Gasteiger partial charge >= 0.3 is 0 Å². The van der Waals surface area contributed by atoms with Gasteiger partial charge < -0.3 is 10.5 Å². The predicted molar refractivity (Wildman–Crippen MR) is 65.6 cm³/mol. The van der Waals surface area contributed by atoms with E-state index < -0.39 is 17.7 Å². The van der Waals surface area contributed by atoms with E-state index in [1.807, 2.05) is 0 Å². The smallest absolute Gasteiger partial charge is 0.200 e. The molecular weight excluding hydrogens is 300 g/mol. The average Bonchev–Trinajstić information content (AvgIpc) is 2.20. The van der Waals surface area contributed by atoms with Gasteiger partial charge in [-0.3, -0.25) is 0 Å². The first-order valence-electron chi connectivity index (χ1n) is 4.56. The first-order valence-corrected chi connectivity index (χ1v) is 5.76. The molecule has 0 saturated carbocycles. The number of rotatable bonds is 4. The summed E-state index contributed by atoms with van der Waals surface area (Å²) in [7, 11) is 0. The van der Waals surface area contributed by atoms with Crippen molar-refractivity contribution in [2.45, 2.75) is 19.4 Å². The van der Waals surface area contributed by atoms with E-state index in [1.165, 1.54) is 6.07 Å². The van der Waals surface area contributed by atoms with Crippen molar-refractivity contribution in [3.05, 3.63) is 28.2 Å². The van der Waals surface area contributed by atoms with Crippen LogP contribution < -0.4 is 10.5 Å². The van der Waals surface area contributed by atoms with Crippen LogP contribution in [0.25, 0.3) is 0 Å². The molecule has 16 heavy (non-hydrogen) atoms. The maximum atomic E-state index is 13.3. The summed E-state index contributed by atoms with van der Waals surface area (Å²) in [6, 6.07) is 2.35. The SMILES string of the molecule is CCC(Oc1cc(Br)cc(F)c1F)C(N)=S. The maximum absolute atomic E-state index is 13.3. The quantitative estimate of drug-likeness (QED) is 0.685. The lowest BCUT2D eigenvalue weighted by atomic mass is 10.2. The summed E-state index contributed by atoms with van der Waals surface area (Å²) in [4.78, 5) is 0.113. The molecule has 0 heterocycles. The molecule has 0 saturated heterocycles. The van der Waals surface area contributed by atoms with E-state index in [4.69, 9.17) is 22.7 Å². The molecule has 6 heteroatoms. The lowest BCUT2D eigenvalue weighted by Gasteiger charge is -2.16. The van der Waals surface area contributed by atoms with Gasteiger partial charge in [-0.15, -0.1) is 0 Å². The minimum Gasteiger partial charge on any atom is -0.480 e. The van der Waals surface area contributed by atoms with E-state index >= 15 is 0 Å². The Kier molecular flexibility index (Phi) is 4.61. The summed E-state index contributed by atoms with van der Waals surface area (Å²) in [6.45, 7) is 1.79. The van der Waals surface area contributed by atoms with Crippen LogP contribution in [0.15, 0.2) is 16.6 Å². The molecular formula is C10H10BrF2NOS. The monoisotopic (exact) mass is 309 g/mol. The van der Waals surface area contributed by atoms with Crippen LogP contribution in [0.1, 0.15) is 13.3 Å². The van der Waals surface area contributed by atoms with Gasteiger partial charge in [0.05, 0.1) is 0 Å². The molecule has 0 fully saturated rings. The molecule has 0 spiro atoms. The fraction of sp³-hybridized carbons (Fsp3) is 0.300. The molecule has 0 radical (unpaired) electrons.